The lowest BCUT2D eigenvalue weighted by Crippen LogP contribution is -2.60. The Morgan fingerprint density at radius 2 is 1.19 bits per heavy atom. The van der Waals surface area contributed by atoms with Gasteiger partial charge in [-0.05, 0) is 27.7 Å². The van der Waals surface area contributed by atoms with E-state index in [9.17, 15) is 10.2 Å². The standard InChI is InChI=1S/C11H18O5/c1-9(2)14-7-8(15-9)11(4)6(13)5(12)10(7,3)16-11/h5-8,12-13H,1-4H3/t5?,6?,7-,8+,10+,11-. The summed E-state index contributed by atoms with van der Waals surface area (Å²) < 4.78 is 17.3. The van der Waals surface area contributed by atoms with Gasteiger partial charge in [0.25, 0.3) is 0 Å². The molecule has 3 aliphatic rings. The van der Waals surface area contributed by atoms with E-state index in [-0.39, 0.29) is 12.2 Å². The van der Waals surface area contributed by atoms with Crippen molar-refractivity contribution >= 4 is 0 Å². The molecule has 6 atom stereocenters. The third-order valence-electron chi connectivity index (χ3n) is 4.14. The van der Waals surface area contributed by atoms with Crippen LogP contribution < -0.4 is 0 Å². The lowest BCUT2D eigenvalue weighted by atomic mass is 9.75. The molecule has 3 saturated heterocycles. The van der Waals surface area contributed by atoms with E-state index in [1.807, 2.05) is 13.8 Å². The third kappa shape index (κ3) is 0.990. The molecule has 0 aromatic heterocycles. The molecule has 3 heterocycles. The minimum absolute atomic E-state index is 0.328. The number of aliphatic hydroxyl groups excluding tert-OH is 2. The summed E-state index contributed by atoms with van der Waals surface area (Å²) in [6.07, 6.45) is -2.52. The van der Waals surface area contributed by atoms with Crippen LogP contribution >= 0.6 is 0 Å². The zero-order valence-corrected chi connectivity index (χ0v) is 9.93. The van der Waals surface area contributed by atoms with Crippen LogP contribution in [0, 0.1) is 0 Å². The maximum absolute atomic E-state index is 10.0. The Balaban J connectivity index is 2.05. The second-order valence-electron chi connectivity index (χ2n) is 5.84. The van der Waals surface area contributed by atoms with Crippen LogP contribution in [-0.4, -0.2) is 51.6 Å². The van der Waals surface area contributed by atoms with Gasteiger partial charge < -0.3 is 24.4 Å². The predicted octanol–water partition coefficient (Wildman–Crippen LogP) is -0.211. The summed E-state index contributed by atoms with van der Waals surface area (Å²) in [6.45, 7) is 7.19. The van der Waals surface area contributed by atoms with Gasteiger partial charge in [-0.15, -0.1) is 0 Å². The molecule has 0 aromatic rings. The fraction of sp³-hybridized carbons (Fsp3) is 1.00. The van der Waals surface area contributed by atoms with E-state index >= 15 is 0 Å². The molecule has 16 heavy (non-hydrogen) atoms. The van der Waals surface area contributed by atoms with Gasteiger partial charge >= 0.3 is 0 Å². The van der Waals surface area contributed by atoms with Gasteiger partial charge in [0.1, 0.15) is 35.6 Å². The van der Waals surface area contributed by atoms with Gasteiger partial charge in [0.05, 0.1) is 0 Å². The lowest BCUT2D eigenvalue weighted by Gasteiger charge is -2.36. The highest BCUT2D eigenvalue weighted by Crippen LogP contribution is 2.57. The molecule has 0 spiro atoms. The predicted molar refractivity (Wildman–Crippen MR) is 53.7 cm³/mol. The number of ether oxygens (including phenoxy) is 3. The Morgan fingerprint density at radius 1 is 0.812 bits per heavy atom. The van der Waals surface area contributed by atoms with Crippen LogP contribution in [0.2, 0.25) is 0 Å². The van der Waals surface area contributed by atoms with Crippen LogP contribution in [0.5, 0.6) is 0 Å². The number of hydrogen-bond acceptors (Lipinski definition) is 5. The highest BCUT2D eigenvalue weighted by molar-refractivity contribution is 5.24. The number of aliphatic hydroxyl groups is 2. The van der Waals surface area contributed by atoms with E-state index in [1.54, 1.807) is 13.8 Å². The molecule has 5 nitrogen and oxygen atoms in total. The van der Waals surface area contributed by atoms with Crippen molar-refractivity contribution in [2.45, 2.75) is 69.1 Å². The molecular weight excluding hydrogens is 212 g/mol. The van der Waals surface area contributed by atoms with Crippen molar-refractivity contribution in [3.05, 3.63) is 0 Å². The summed E-state index contributed by atoms with van der Waals surface area (Å²) in [5, 5.41) is 20.0. The molecule has 0 saturated carbocycles. The van der Waals surface area contributed by atoms with Crippen LogP contribution in [-0.2, 0) is 14.2 Å². The van der Waals surface area contributed by atoms with E-state index in [2.05, 4.69) is 0 Å². The summed E-state index contributed by atoms with van der Waals surface area (Å²) in [5.74, 6) is -0.689. The largest absolute Gasteiger partial charge is 0.387 e. The van der Waals surface area contributed by atoms with Gasteiger partial charge in [-0.25, -0.2) is 0 Å². The third-order valence-corrected chi connectivity index (χ3v) is 4.14. The maximum Gasteiger partial charge on any atom is 0.164 e. The Hall–Kier alpha value is -0.200. The molecule has 92 valence electrons. The first kappa shape index (κ1) is 10.9. The monoisotopic (exact) mass is 230 g/mol. The van der Waals surface area contributed by atoms with Crippen LogP contribution in [0.15, 0.2) is 0 Å². The highest BCUT2D eigenvalue weighted by atomic mass is 16.8. The molecule has 0 aliphatic carbocycles. The Labute approximate surface area is 94.3 Å². The van der Waals surface area contributed by atoms with E-state index in [1.165, 1.54) is 0 Å². The average molecular weight is 230 g/mol. The van der Waals surface area contributed by atoms with Crippen molar-refractivity contribution in [3.8, 4) is 0 Å². The second-order valence-corrected chi connectivity index (χ2v) is 5.84. The molecular formula is C11H18O5. The van der Waals surface area contributed by atoms with Gasteiger partial charge in [-0.3, -0.25) is 0 Å². The lowest BCUT2D eigenvalue weighted by molar-refractivity contribution is -0.214. The van der Waals surface area contributed by atoms with Crippen molar-refractivity contribution < 1.29 is 24.4 Å². The molecule has 5 heteroatoms. The molecule has 2 unspecified atom stereocenters. The summed E-state index contributed by atoms with van der Waals surface area (Å²) in [5.41, 5.74) is -1.76. The zero-order valence-electron chi connectivity index (χ0n) is 9.93. The Bertz CT molecular complexity index is 313. The van der Waals surface area contributed by atoms with Crippen LogP contribution in [0.1, 0.15) is 27.7 Å². The minimum Gasteiger partial charge on any atom is -0.387 e. The fourth-order valence-electron chi connectivity index (χ4n) is 3.27. The van der Waals surface area contributed by atoms with Gasteiger partial charge in [-0.1, -0.05) is 0 Å². The molecule has 2 bridgehead atoms. The first-order chi connectivity index (χ1) is 7.21. The van der Waals surface area contributed by atoms with Gasteiger partial charge in [-0.2, -0.15) is 0 Å². The summed E-state index contributed by atoms with van der Waals surface area (Å²) >= 11 is 0. The van der Waals surface area contributed by atoms with Crippen LogP contribution in [0.3, 0.4) is 0 Å². The smallest absolute Gasteiger partial charge is 0.164 e. The number of rotatable bonds is 0. The van der Waals surface area contributed by atoms with Gasteiger partial charge in [0.2, 0.25) is 0 Å². The van der Waals surface area contributed by atoms with E-state index in [0.717, 1.165) is 0 Å². The molecule has 3 aliphatic heterocycles. The molecule has 0 amide bonds. The zero-order chi connectivity index (χ0) is 11.9. The number of hydrogen-bond donors (Lipinski definition) is 2. The molecule has 3 rings (SSSR count). The van der Waals surface area contributed by atoms with Crippen molar-refractivity contribution in [3.63, 3.8) is 0 Å². The second kappa shape index (κ2) is 2.62. The normalized spacial score (nSPS) is 62.6. The summed E-state index contributed by atoms with van der Waals surface area (Å²) in [6, 6.07) is 0. The quantitative estimate of drug-likeness (QED) is 0.602. The van der Waals surface area contributed by atoms with Crippen molar-refractivity contribution in [2.75, 3.05) is 0 Å². The fourth-order valence-corrected chi connectivity index (χ4v) is 3.27. The molecule has 0 radical (unpaired) electrons. The molecule has 2 N–H and O–H groups in total. The summed E-state index contributed by atoms with van der Waals surface area (Å²) in [7, 11) is 0. The van der Waals surface area contributed by atoms with Crippen molar-refractivity contribution in [2.24, 2.45) is 0 Å². The van der Waals surface area contributed by atoms with Gasteiger partial charge in [0, 0.05) is 0 Å². The van der Waals surface area contributed by atoms with Crippen molar-refractivity contribution in [1.82, 2.24) is 0 Å². The Morgan fingerprint density at radius 3 is 1.56 bits per heavy atom. The average Bonchev–Trinajstić information content (AvgIpc) is 2.65. The van der Waals surface area contributed by atoms with Gasteiger partial charge in [0.15, 0.2) is 5.79 Å². The van der Waals surface area contributed by atoms with Crippen molar-refractivity contribution in [1.29, 1.82) is 0 Å². The minimum atomic E-state index is -0.934. The maximum atomic E-state index is 10.0. The van der Waals surface area contributed by atoms with E-state index in [0.29, 0.717) is 0 Å². The van der Waals surface area contributed by atoms with E-state index in [4.69, 9.17) is 14.2 Å². The first-order valence-electron chi connectivity index (χ1n) is 5.63. The topological polar surface area (TPSA) is 68.2 Å². The van der Waals surface area contributed by atoms with Crippen LogP contribution in [0.4, 0.5) is 0 Å². The number of fused-ring (bicyclic) bond motifs is 5. The van der Waals surface area contributed by atoms with Crippen LogP contribution in [0.25, 0.3) is 0 Å². The first-order valence-corrected chi connectivity index (χ1v) is 5.63. The molecule has 3 fully saturated rings. The van der Waals surface area contributed by atoms with E-state index < -0.39 is 29.2 Å². The SMILES string of the molecule is CC1(C)O[C@@H]2[C@H](O1)[C@]1(C)O[C@@]2(C)C(O)C1O. The highest BCUT2D eigenvalue weighted by Gasteiger charge is 2.77. The Kier molecular flexibility index (Phi) is 1.79. The summed E-state index contributed by atoms with van der Waals surface area (Å²) in [4.78, 5) is 0. The molecule has 0 aromatic carbocycles.